The Morgan fingerprint density at radius 2 is 2.07 bits per heavy atom. The molecular formula is C21H28N2O5. The van der Waals surface area contributed by atoms with E-state index in [4.69, 9.17) is 14.0 Å². The van der Waals surface area contributed by atoms with Crippen LogP contribution in [0.3, 0.4) is 0 Å². The van der Waals surface area contributed by atoms with Crippen molar-refractivity contribution in [3.63, 3.8) is 0 Å². The smallest absolute Gasteiger partial charge is 0.309 e. The number of aliphatic hydroxyl groups is 1. The normalized spacial score (nSPS) is 19.6. The second-order valence-electron chi connectivity index (χ2n) is 7.60. The topological polar surface area (TPSA) is 94.7 Å². The van der Waals surface area contributed by atoms with Crippen LogP contribution < -0.4 is 4.74 Å². The van der Waals surface area contributed by atoms with Gasteiger partial charge in [-0.2, -0.15) is 0 Å². The fraction of sp³-hybridized carbons (Fsp3) is 0.571. The molecule has 0 bridgehead atoms. The first-order valence-electron chi connectivity index (χ1n) is 9.80. The average Bonchev–Trinajstić information content (AvgIpc) is 3.03. The van der Waals surface area contributed by atoms with E-state index in [-0.39, 0.29) is 30.7 Å². The van der Waals surface area contributed by atoms with E-state index in [1.54, 1.807) is 13.0 Å². The van der Waals surface area contributed by atoms with Crippen molar-refractivity contribution in [1.82, 2.24) is 10.1 Å². The van der Waals surface area contributed by atoms with Crippen molar-refractivity contribution in [2.45, 2.75) is 72.2 Å². The summed E-state index contributed by atoms with van der Waals surface area (Å²) in [5.74, 6) is 0.918. The number of ether oxygens (including phenoxy) is 2. The zero-order valence-corrected chi connectivity index (χ0v) is 16.9. The molecule has 7 heteroatoms. The Hall–Kier alpha value is -2.41. The van der Waals surface area contributed by atoms with Gasteiger partial charge in [0.25, 0.3) is 0 Å². The molecule has 2 aromatic rings. The Bertz CT molecular complexity index is 830. The number of carbonyl (C=O) groups excluding carboxylic acids is 1. The van der Waals surface area contributed by atoms with Crippen LogP contribution in [-0.2, 0) is 16.1 Å². The molecule has 2 heterocycles. The highest BCUT2D eigenvalue weighted by Gasteiger charge is 2.30. The molecule has 1 fully saturated rings. The minimum absolute atomic E-state index is 0.0367. The Labute approximate surface area is 165 Å². The van der Waals surface area contributed by atoms with E-state index >= 15 is 0 Å². The second-order valence-corrected chi connectivity index (χ2v) is 7.60. The fourth-order valence-electron chi connectivity index (χ4n) is 3.55. The quantitative estimate of drug-likeness (QED) is 0.753. The molecule has 28 heavy (non-hydrogen) atoms. The predicted molar refractivity (Wildman–Crippen MR) is 103 cm³/mol. The highest BCUT2D eigenvalue weighted by atomic mass is 16.5. The SMILES string of the molecule is Cc1nc(-c2onc(C)c2CO)ccc1O[C@H]1CCCC(C(=O)OC(C)C)C1. The molecule has 1 unspecified atom stereocenters. The Morgan fingerprint density at radius 1 is 1.29 bits per heavy atom. The maximum Gasteiger partial charge on any atom is 0.309 e. The van der Waals surface area contributed by atoms with Crippen molar-refractivity contribution >= 4 is 5.97 Å². The van der Waals surface area contributed by atoms with Gasteiger partial charge in [0.1, 0.15) is 11.4 Å². The molecule has 0 aromatic carbocycles. The van der Waals surface area contributed by atoms with E-state index in [1.807, 2.05) is 26.8 Å². The number of aliphatic hydroxyl groups excluding tert-OH is 1. The molecule has 1 aliphatic carbocycles. The number of nitrogens with zero attached hydrogens (tertiary/aromatic N) is 2. The largest absolute Gasteiger partial charge is 0.489 e. The molecule has 1 saturated carbocycles. The van der Waals surface area contributed by atoms with Gasteiger partial charge in [0.05, 0.1) is 36.1 Å². The zero-order chi connectivity index (χ0) is 20.3. The summed E-state index contributed by atoms with van der Waals surface area (Å²) in [7, 11) is 0. The van der Waals surface area contributed by atoms with Crippen LogP contribution in [-0.4, -0.2) is 33.4 Å². The minimum atomic E-state index is -0.153. The first-order valence-corrected chi connectivity index (χ1v) is 9.80. The lowest BCUT2D eigenvalue weighted by Gasteiger charge is -2.29. The molecule has 0 saturated heterocycles. The molecule has 3 rings (SSSR count). The monoisotopic (exact) mass is 388 g/mol. The number of esters is 1. The number of pyridine rings is 1. The van der Waals surface area contributed by atoms with Crippen LogP contribution in [0.15, 0.2) is 16.7 Å². The van der Waals surface area contributed by atoms with Crippen LogP contribution >= 0.6 is 0 Å². The third-order valence-electron chi connectivity index (χ3n) is 5.02. The van der Waals surface area contributed by atoms with Crippen LogP contribution in [0.5, 0.6) is 5.75 Å². The number of rotatable bonds is 6. The number of aromatic nitrogens is 2. The fourth-order valence-corrected chi connectivity index (χ4v) is 3.55. The summed E-state index contributed by atoms with van der Waals surface area (Å²) in [6.45, 7) is 7.23. The molecule has 0 amide bonds. The third-order valence-corrected chi connectivity index (χ3v) is 5.02. The summed E-state index contributed by atoms with van der Waals surface area (Å²) in [5.41, 5.74) is 2.62. The van der Waals surface area contributed by atoms with Gasteiger partial charge >= 0.3 is 5.97 Å². The highest BCUT2D eigenvalue weighted by molar-refractivity contribution is 5.72. The Morgan fingerprint density at radius 3 is 2.75 bits per heavy atom. The predicted octanol–water partition coefficient (Wildman–Crippen LogP) is 3.73. The first-order chi connectivity index (χ1) is 13.4. The van der Waals surface area contributed by atoms with Gasteiger partial charge in [0, 0.05) is 5.56 Å². The highest BCUT2D eigenvalue weighted by Crippen LogP contribution is 2.32. The Kier molecular flexibility index (Phi) is 6.34. The van der Waals surface area contributed by atoms with Crippen molar-refractivity contribution in [3.05, 3.63) is 29.1 Å². The van der Waals surface area contributed by atoms with E-state index < -0.39 is 0 Å². The average molecular weight is 388 g/mol. The molecule has 152 valence electrons. The molecule has 0 radical (unpaired) electrons. The van der Waals surface area contributed by atoms with E-state index in [1.165, 1.54) is 0 Å². The van der Waals surface area contributed by atoms with Gasteiger partial charge in [-0.05, 0) is 65.5 Å². The molecule has 1 N–H and O–H groups in total. The van der Waals surface area contributed by atoms with Crippen molar-refractivity contribution < 1.29 is 23.9 Å². The van der Waals surface area contributed by atoms with Crippen LogP contribution in [0.25, 0.3) is 11.5 Å². The standard InChI is InChI=1S/C21H28N2O5/c1-12(2)26-21(25)15-6-5-7-16(10-15)27-19-9-8-18(22-14(19)4)20-17(11-24)13(3)23-28-20/h8-9,12,15-16,24H,5-7,10-11H2,1-4H3/t15?,16-/m0/s1. The summed E-state index contributed by atoms with van der Waals surface area (Å²) in [4.78, 5) is 16.8. The molecule has 0 spiro atoms. The lowest BCUT2D eigenvalue weighted by molar-refractivity contribution is -0.154. The van der Waals surface area contributed by atoms with Gasteiger partial charge in [-0.25, -0.2) is 4.98 Å². The molecule has 7 nitrogen and oxygen atoms in total. The number of carbonyl (C=O) groups is 1. The van der Waals surface area contributed by atoms with E-state index in [2.05, 4.69) is 10.1 Å². The summed E-state index contributed by atoms with van der Waals surface area (Å²) in [6.07, 6.45) is 3.20. The Balaban J connectivity index is 1.70. The molecular weight excluding hydrogens is 360 g/mol. The van der Waals surface area contributed by atoms with E-state index in [9.17, 15) is 9.90 Å². The molecule has 2 aromatic heterocycles. The van der Waals surface area contributed by atoms with E-state index in [0.29, 0.717) is 34.9 Å². The van der Waals surface area contributed by atoms with Gasteiger partial charge in [0.15, 0.2) is 5.76 Å². The maximum atomic E-state index is 12.2. The van der Waals surface area contributed by atoms with E-state index in [0.717, 1.165) is 25.0 Å². The first kappa shape index (κ1) is 20.3. The van der Waals surface area contributed by atoms with Crippen molar-refractivity contribution in [3.8, 4) is 17.2 Å². The van der Waals surface area contributed by atoms with Gasteiger partial charge in [-0.1, -0.05) is 5.16 Å². The maximum absolute atomic E-state index is 12.2. The van der Waals surface area contributed by atoms with Crippen LogP contribution in [0, 0.1) is 19.8 Å². The minimum Gasteiger partial charge on any atom is -0.489 e. The lowest BCUT2D eigenvalue weighted by Crippen LogP contribution is -2.31. The van der Waals surface area contributed by atoms with Gasteiger partial charge in [-0.3, -0.25) is 4.79 Å². The molecule has 0 aliphatic heterocycles. The molecule has 2 atom stereocenters. The van der Waals surface area contributed by atoms with Gasteiger partial charge < -0.3 is 19.1 Å². The summed E-state index contributed by atoms with van der Waals surface area (Å²) in [5, 5.41) is 13.4. The number of hydrogen-bond donors (Lipinski definition) is 1. The summed E-state index contributed by atoms with van der Waals surface area (Å²) >= 11 is 0. The van der Waals surface area contributed by atoms with Crippen molar-refractivity contribution in [2.24, 2.45) is 5.92 Å². The van der Waals surface area contributed by atoms with Crippen molar-refractivity contribution in [1.29, 1.82) is 0 Å². The number of hydrogen-bond acceptors (Lipinski definition) is 7. The molecule has 1 aliphatic rings. The summed E-state index contributed by atoms with van der Waals surface area (Å²) < 4.78 is 16.8. The third kappa shape index (κ3) is 4.52. The zero-order valence-electron chi connectivity index (χ0n) is 16.9. The van der Waals surface area contributed by atoms with Crippen molar-refractivity contribution in [2.75, 3.05) is 0 Å². The van der Waals surface area contributed by atoms with Crippen LogP contribution in [0.2, 0.25) is 0 Å². The number of aryl methyl sites for hydroxylation is 2. The van der Waals surface area contributed by atoms with Crippen LogP contribution in [0.1, 0.15) is 56.5 Å². The summed E-state index contributed by atoms with van der Waals surface area (Å²) in [6, 6.07) is 3.65. The van der Waals surface area contributed by atoms with Gasteiger partial charge in [-0.15, -0.1) is 0 Å². The van der Waals surface area contributed by atoms with Gasteiger partial charge in [0.2, 0.25) is 0 Å². The second kappa shape index (κ2) is 8.73. The lowest BCUT2D eigenvalue weighted by atomic mass is 9.87. The van der Waals surface area contributed by atoms with Crippen LogP contribution in [0.4, 0.5) is 0 Å².